The molecule has 0 aromatic heterocycles. The molecule has 1 fully saturated rings. The number of rotatable bonds is 1. The molecule has 1 heterocycles. The molecule has 18 heavy (non-hydrogen) atoms. The van der Waals surface area contributed by atoms with Gasteiger partial charge in [-0.1, -0.05) is 6.07 Å². The SMILES string of the molecule is Cc1cc(C)c(N2C(=O)CC(=O)NC2=O)c(Br)c1. The average Bonchev–Trinajstić information content (AvgIpc) is 2.20. The molecule has 1 aromatic rings. The van der Waals surface area contributed by atoms with Crippen molar-refractivity contribution in [2.45, 2.75) is 20.3 Å². The molecule has 4 amide bonds. The molecular weight excluding hydrogens is 300 g/mol. The number of hydrogen-bond donors (Lipinski definition) is 1. The van der Waals surface area contributed by atoms with Crippen molar-refractivity contribution in [3.05, 3.63) is 27.7 Å². The first kappa shape index (κ1) is 12.8. The van der Waals surface area contributed by atoms with Gasteiger partial charge < -0.3 is 0 Å². The number of aryl methyl sites for hydroxylation is 2. The maximum Gasteiger partial charge on any atom is 0.335 e. The van der Waals surface area contributed by atoms with Gasteiger partial charge in [0.1, 0.15) is 6.42 Å². The van der Waals surface area contributed by atoms with Crippen LogP contribution in [-0.2, 0) is 9.59 Å². The smallest absolute Gasteiger partial charge is 0.277 e. The van der Waals surface area contributed by atoms with Gasteiger partial charge in [0.05, 0.1) is 5.69 Å². The molecule has 0 bridgehead atoms. The zero-order valence-corrected chi connectivity index (χ0v) is 11.5. The predicted octanol–water partition coefficient (Wildman–Crippen LogP) is 2.04. The predicted molar refractivity (Wildman–Crippen MR) is 69.3 cm³/mol. The van der Waals surface area contributed by atoms with E-state index in [4.69, 9.17) is 0 Å². The first-order valence-corrected chi connectivity index (χ1v) is 6.13. The molecule has 0 atom stereocenters. The van der Waals surface area contributed by atoms with Gasteiger partial charge in [0, 0.05) is 4.47 Å². The Kier molecular flexibility index (Phi) is 3.21. The number of barbiturate groups is 1. The van der Waals surface area contributed by atoms with Crippen LogP contribution in [0.15, 0.2) is 16.6 Å². The third kappa shape index (κ3) is 2.15. The van der Waals surface area contributed by atoms with Gasteiger partial charge in [-0.05, 0) is 47.0 Å². The van der Waals surface area contributed by atoms with Gasteiger partial charge >= 0.3 is 6.03 Å². The summed E-state index contributed by atoms with van der Waals surface area (Å²) in [5.41, 5.74) is 2.29. The van der Waals surface area contributed by atoms with Crippen LogP contribution >= 0.6 is 15.9 Å². The maximum atomic E-state index is 11.8. The molecule has 5 nitrogen and oxygen atoms in total. The summed E-state index contributed by atoms with van der Waals surface area (Å²) >= 11 is 3.34. The summed E-state index contributed by atoms with van der Waals surface area (Å²) in [6, 6.07) is 2.99. The summed E-state index contributed by atoms with van der Waals surface area (Å²) in [5, 5.41) is 2.13. The van der Waals surface area contributed by atoms with Gasteiger partial charge in [0.25, 0.3) is 0 Å². The summed E-state index contributed by atoms with van der Waals surface area (Å²) in [6.45, 7) is 3.73. The summed E-state index contributed by atoms with van der Waals surface area (Å²) in [7, 11) is 0. The topological polar surface area (TPSA) is 66.5 Å². The number of imide groups is 2. The van der Waals surface area contributed by atoms with E-state index < -0.39 is 17.8 Å². The fraction of sp³-hybridized carbons (Fsp3) is 0.250. The van der Waals surface area contributed by atoms with Gasteiger partial charge in [-0.2, -0.15) is 0 Å². The third-order valence-corrected chi connectivity index (χ3v) is 3.24. The van der Waals surface area contributed by atoms with Crippen LogP contribution in [0.1, 0.15) is 17.5 Å². The quantitative estimate of drug-likeness (QED) is 0.807. The second-order valence-corrected chi connectivity index (χ2v) is 5.03. The van der Waals surface area contributed by atoms with E-state index in [1.54, 1.807) is 0 Å². The number of halogens is 1. The van der Waals surface area contributed by atoms with E-state index in [0.717, 1.165) is 16.0 Å². The van der Waals surface area contributed by atoms with Crippen molar-refractivity contribution in [3.8, 4) is 0 Å². The minimum Gasteiger partial charge on any atom is -0.277 e. The minimum absolute atomic E-state index is 0.314. The number of anilines is 1. The molecule has 1 aliphatic heterocycles. The molecule has 1 saturated heterocycles. The number of benzene rings is 1. The van der Waals surface area contributed by atoms with E-state index in [2.05, 4.69) is 21.2 Å². The molecule has 6 heteroatoms. The lowest BCUT2D eigenvalue weighted by atomic mass is 10.1. The number of carbonyl (C=O) groups excluding carboxylic acids is 3. The summed E-state index contributed by atoms with van der Waals surface area (Å²) in [5.74, 6) is -1.08. The summed E-state index contributed by atoms with van der Waals surface area (Å²) < 4.78 is 0.651. The van der Waals surface area contributed by atoms with Crippen molar-refractivity contribution in [1.29, 1.82) is 0 Å². The van der Waals surface area contributed by atoms with Crippen molar-refractivity contribution in [2.24, 2.45) is 0 Å². The van der Waals surface area contributed by atoms with E-state index in [-0.39, 0.29) is 6.42 Å². The van der Waals surface area contributed by atoms with Crippen molar-refractivity contribution >= 4 is 39.5 Å². The molecule has 2 rings (SSSR count). The second-order valence-electron chi connectivity index (χ2n) is 4.17. The van der Waals surface area contributed by atoms with E-state index in [1.807, 2.05) is 26.0 Å². The van der Waals surface area contributed by atoms with E-state index in [1.165, 1.54) is 0 Å². The Morgan fingerprint density at radius 3 is 2.44 bits per heavy atom. The minimum atomic E-state index is -0.705. The summed E-state index contributed by atoms with van der Waals surface area (Å²) in [6.07, 6.45) is -0.314. The Balaban J connectivity index is 2.52. The first-order valence-electron chi connectivity index (χ1n) is 5.33. The highest BCUT2D eigenvalue weighted by atomic mass is 79.9. The fourth-order valence-corrected chi connectivity index (χ4v) is 2.82. The Morgan fingerprint density at radius 2 is 1.89 bits per heavy atom. The van der Waals surface area contributed by atoms with Crippen LogP contribution in [0.4, 0.5) is 10.5 Å². The van der Waals surface area contributed by atoms with Crippen molar-refractivity contribution in [3.63, 3.8) is 0 Å². The zero-order valence-electron chi connectivity index (χ0n) is 9.91. The molecule has 0 aliphatic carbocycles. The number of nitrogens with one attached hydrogen (secondary N) is 1. The monoisotopic (exact) mass is 310 g/mol. The lowest BCUT2D eigenvalue weighted by Crippen LogP contribution is -2.53. The molecule has 0 unspecified atom stereocenters. The van der Waals surface area contributed by atoms with Gasteiger partial charge in [0.15, 0.2) is 0 Å². The maximum absolute atomic E-state index is 11.8. The molecule has 94 valence electrons. The average molecular weight is 311 g/mol. The summed E-state index contributed by atoms with van der Waals surface area (Å²) in [4.78, 5) is 35.7. The zero-order chi connectivity index (χ0) is 13.4. The second kappa shape index (κ2) is 4.53. The van der Waals surface area contributed by atoms with Crippen LogP contribution in [0.5, 0.6) is 0 Å². The molecule has 0 radical (unpaired) electrons. The van der Waals surface area contributed by atoms with E-state index in [9.17, 15) is 14.4 Å². The van der Waals surface area contributed by atoms with Gasteiger partial charge in [-0.15, -0.1) is 0 Å². The van der Waals surface area contributed by atoms with Gasteiger partial charge in [-0.3, -0.25) is 14.9 Å². The Hall–Kier alpha value is -1.69. The Morgan fingerprint density at radius 1 is 1.22 bits per heavy atom. The fourth-order valence-electron chi connectivity index (χ4n) is 1.97. The van der Waals surface area contributed by atoms with E-state index in [0.29, 0.717) is 10.2 Å². The number of nitrogens with zero attached hydrogens (tertiary/aromatic N) is 1. The lowest BCUT2D eigenvalue weighted by molar-refractivity contribution is -0.128. The van der Waals surface area contributed by atoms with Crippen LogP contribution in [0, 0.1) is 13.8 Å². The molecule has 0 spiro atoms. The highest BCUT2D eigenvalue weighted by Crippen LogP contribution is 2.32. The van der Waals surface area contributed by atoms with Crippen molar-refractivity contribution in [2.75, 3.05) is 4.90 Å². The standard InChI is InChI=1S/C12H11BrN2O3/c1-6-3-7(2)11(8(13)4-6)15-10(17)5-9(16)14-12(15)18/h3-4H,5H2,1-2H3,(H,14,16,18). The molecule has 0 saturated carbocycles. The van der Waals surface area contributed by atoms with Gasteiger partial charge in [-0.25, -0.2) is 9.69 Å². The highest BCUT2D eigenvalue weighted by molar-refractivity contribution is 9.10. The number of amides is 4. The first-order chi connectivity index (χ1) is 8.40. The van der Waals surface area contributed by atoms with E-state index >= 15 is 0 Å². The van der Waals surface area contributed by atoms with Crippen LogP contribution < -0.4 is 10.2 Å². The normalized spacial score (nSPS) is 15.9. The molecular formula is C12H11BrN2O3. The molecule has 1 aliphatic rings. The van der Waals surface area contributed by atoms with Crippen LogP contribution in [0.3, 0.4) is 0 Å². The third-order valence-electron chi connectivity index (χ3n) is 2.63. The number of carbonyl (C=O) groups is 3. The molecule has 1 N–H and O–H groups in total. The number of urea groups is 1. The Labute approximate surface area is 112 Å². The van der Waals surface area contributed by atoms with Gasteiger partial charge in [0.2, 0.25) is 11.8 Å². The van der Waals surface area contributed by atoms with Crippen molar-refractivity contribution in [1.82, 2.24) is 5.32 Å². The number of hydrogen-bond acceptors (Lipinski definition) is 3. The molecule has 1 aromatic carbocycles. The largest absolute Gasteiger partial charge is 0.335 e. The van der Waals surface area contributed by atoms with Crippen LogP contribution in [0.25, 0.3) is 0 Å². The highest BCUT2D eigenvalue weighted by Gasteiger charge is 2.33. The van der Waals surface area contributed by atoms with Crippen LogP contribution in [-0.4, -0.2) is 17.8 Å². The van der Waals surface area contributed by atoms with Crippen LogP contribution in [0.2, 0.25) is 0 Å². The van der Waals surface area contributed by atoms with Crippen molar-refractivity contribution < 1.29 is 14.4 Å². The lowest BCUT2D eigenvalue weighted by Gasteiger charge is -2.27. The Bertz CT molecular complexity index is 525.